The maximum Gasteiger partial charge on any atom is 0.125 e. The number of imidazole rings is 1. The van der Waals surface area contributed by atoms with E-state index in [9.17, 15) is 0 Å². The molecule has 0 aliphatic rings. The van der Waals surface area contributed by atoms with E-state index in [1.165, 1.54) is 16.7 Å². The predicted molar refractivity (Wildman–Crippen MR) is 84.3 cm³/mol. The Kier molecular flexibility index (Phi) is 3.49. The fourth-order valence-corrected chi connectivity index (χ4v) is 2.65. The molecule has 0 amide bonds. The molecule has 0 N–H and O–H groups in total. The van der Waals surface area contributed by atoms with Gasteiger partial charge in [0.15, 0.2) is 0 Å². The molecular formula is C17H17ClN2. The first-order chi connectivity index (χ1) is 9.67. The van der Waals surface area contributed by atoms with Crippen LogP contribution in [0.2, 0.25) is 0 Å². The molecule has 1 aromatic heterocycles. The molecule has 0 fully saturated rings. The molecule has 20 heavy (non-hydrogen) atoms. The molecule has 0 unspecified atom stereocenters. The molecule has 3 aromatic rings. The molecule has 0 aliphatic carbocycles. The number of fused-ring (bicyclic) bond motifs is 1. The molecule has 0 saturated heterocycles. The van der Waals surface area contributed by atoms with E-state index in [1.54, 1.807) is 0 Å². The second-order valence-electron chi connectivity index (χ2n) is 5.23. The second-order valence-corrected chi connectivity index (χ2v) is 5.49. The molecule has 0 saturated carbocycles. The predicted octanol–water partition coefficient (Wildman–Crippen LogP) is 4.44. The summed E-state index contributed by atoms with van der Waals surface area (Å²) in [7, 11) is 0. The third-order valence-electron chi connectivity index (χ3n) is 3.56. The number of rotatable bonds is 3. The molecule has 2 nitrogen and oxygen atoms in total. The van der Waals surface area contributed by atoms with Crippen LogP contribution in [0, 0.1) is 13.8 Å². The van der Waals surface area contributed by atoms with Crippen LogP contribution in [0.15, 0.2) is 42.5 Å². The minimum Gasteiger partial charge on any atom is -0.322 e. The van der Waals surface area contributed by atoms with Crippen molar-refractivity contribution in [1.29, 1.82) is 0 Å². The zero-order valence-corrected chi connectivity index (χ0v) is 12.5. The third kappa shape index (κ3) is 2.44. The molecule has 0 radical (unpaired) electrons. The molecule has 0 spiro atoms. The van der Waals surface area contributed by atoms with Gasteiger partial charge in [-0.2, -0.15) is 0 Å². The molecular weight excluding hydrogens is 268 g/mol. The molecule has 0 bridgehead atoms. The lowest BCUT2D eigenvalue weighted by molar-refractivity contribution is 0.778. The zero-order chi connectivity index (χ0) is 14.1. The van der Waals surface area contributed by atoms with E-state index in [4.69, 9.17) is 11.6 Å². The fourth-order valence-electron chi connectivity index (χ4n) is 2.44. The molecule has 0 aliphatic heterocycles. The van der Waals surface area contributed by atoms with Crippen molar-refractivity contribution in [2.75, 3.05) is 0 Å². The van der Waals surface area contributed by atoms with Gasteiger partial charge >= 0.3 is 0 Å². The van der Waals surface area contributed by atoms with E-state index in [0.29, 0.717) is 5.88 Å². The highest BCUT2D eigenvalue weighted by Gasteiger charge is 2.10. The van der Waals surface area contributed by atoms with Crippen LogP contribution in [-0.4, -0.2) is 9.55 Å². The lowest BCUT2D eigenvalue weighted by Gasteiger charge is -2.08. The summed E-state index contributed by atoms with van der Waals surface area (Å²) < 4.78 is 2.20. The van der Waals surface area contributed by atoms with Crippen LogP contribution >= 0.6 is 11.6 Å². The molecule has 102 valence electrons. The highest BCUT2D eigenvalue weighted by atomic mass is 35.5. The van der Waals surface area contributed by atoms with Crippen LogP contribution < -0.4 is 0 Å². The van der Waals surface area contributed by atoms with Gasteiger partial charge in [-0.1, -0.05) is 35.9 Å². The smallest absolute Gasteiger partial charge is 0.125 e. The lowest BCUT2D eigenvalue weighted by Crippen LogP contribution is -2.03. The van der Waals surface area contributed by atoms with Crippen LogP contribution in [0.5, 0.6) is 0 Å². The molecule has 1 heterocycles. The van der Waals surface area contributed by atoms with Crippen molar-refractivity contribution in [3.8, 4) is 0 Å². The number of aromatic nitrogens is 2. The molecule has 3 rings (SSSR count). The maximum atomic E-state index is 6.05. The lowest BCUT2D eigenvalue weighted by atomic mass is 10.1. The number of hydrogen-bond acceptors (Lipinski definition) is 1. The normalized spacial score (nSPS) is 11.2. The van der Waals surface area contributed by atoms with Crippen LogP contribution in [-0.2, 0) is 12.4 Å². The Morgan fingerprint density at radius 2 is 1.70 bits per heavy atom. The minimum atomic E-state index is 0.430. The van der Waals surface area contributed by atoms with Gasteiger partial charge in [-0.15, -0.1) is 11.6 Å². The van der Waals surface area contributed by atoms with Gasteiger partial charge in [0.2, 0.25) is 0 Å². The summed E-state index contributed by atoms with van der Waals surface area (Å²) in [6.45, 7) is 4.99. The van der Waals surface area contributed by atoms with Gasteiger partial charge in [-0.25, -0.2) is 4.98 Å². The molecule has 2 aromatic carbocycles. The standard InChI is InChI=1S/C17H17ClN2/c1-12-3-6-14(7-4-12)11-20-16-8-5-13(2)9-15(16)19-17(20)10-18/h3-9H,10-11H2,1-2H3. The Labute approximate surface area is 124 Å². The Morgan fingerprint density at radius 1 is 1.00 bits per heavy atom. The minimum absolute atomic E-state index is 0.430. The Bertz CT molecular complexity index is 742. The van der Waals surface area contributed by atoms with Crippen LogP contribution in [0.4, 0.5) is 0 Å². The topological polar surface area (TPSA) is 17.8 Å². The van der Waals surface area contributed by atoms with Gasteiger partial charge in [0, 0.05) is 6.54 Å². The number of nitrogens with zero attached hydrogens (tertiary/aromatic N) is 2. The highest BCUT2D eigenvalue weighted by molar-refractivity contribution is 6.16. The quantitative estimate of drug-likeness (QED) is 0.650. The first kappa shape index (κ1) is 13.2. The summed E-state index contributed by atoms with van der Waals surface area (Å²) in [5.41, 5.74) is 5.93. The number of benzene rings is 2. The first-order valence-electron chi connectivity index (χ1n) is 6.74. The monoisotopic (exact) mass is 284 g/mol. The van der Waals surface area contributed by atoms with E-state index in [0.717, 1.165) is 23.4 Å². The van der Waals surface area contributed by atoms with Crippen LogP contribution in [0.3, 0.4) is 0 Å². The van der Waals surface area contributed by atoms with Crippen molar-refractivity contribution in [3.63, 3.8) is 0 Å². The summed E-state index contributed by atoms with van der Waals surface area (Å²) >= 11 is 6.05. The van der Waals surface area contributed by atoms with Crippen LogP contribution in [0.25, 0.3) is 11.0 Å². The van der Waals surface area contributed by atoms with E-state index in [2.05, 4.69) is 65.9 Å². The van der Waals surface area contributed by atoms with E-state index in [1.807, 2.05) is 0 Å². The second kappa shape index (κ2) is 5.29. The summed E-state index contributed by atoms with van der Waals surface area (Å²) in [5, 5.41) is 0. The molecule has 3 heteroatoms. The number of hydrogen-bond donors (Lipinski definition) is 0. The maximum absolute atomic E-state index is 6.05. The van der Waals surface area contributed by atoms with Crippen molar-refractivity contribution in [1.82, 2.24) is 9.55 Å². The third-order valence-corrected chi connectivity index (χ3v) is 3.80. The van der Waals surface area contributed by atoms with Crippen molar-refractivity contribution < 1.29 is 0 Å². The van der Waals surface area contributed by atoms with Gasteiger partial charge in [-0.05, 0) is 37.1 Å². The van der Waals surface area contributed by atoms with Gasteiger partial charge < -0.3 is 4.57 Å². The largest absolute Gasteiger partial charge is 0.322 e. The molecule has 0 atom stereocenters. The van der Waals surface area contributed by atoms with Gasteiger partial charge in [-0.3, -0.25) is 0 Å². The van der Waals surface area contributed by atoms with E-state index >= 15 is 0 Å². The van der Waals surface area contributed by atoms with Gasteiger partial charge in [0.25, 0.3) is 0 Å². The Hall–Kier alpha value is -1.80. The van der Waals surface area contributed by atoms with Gasteiger partial charge in [0.1, 0.15) is 5.82 Å². The Morgan fingerprint density at radius 3 is 2.40 bits per heavy atom. The van der Waals surface area contributed by atoms with Crippen molar-refractivity contribution in [3.05, 3.63) is 65.0 Å². The first-order valence-corrected chi connectivity index (χ1v) is 7.28. The zero-order valence-electron chi connectivity index (χ0n) is 11.7. The Balaban J connectivity index is 2.07. The van der Waals surface area contributed by atoms with Crippen LogP contribution in [0.1, 0.15) is 22.5 Å². The SMILES string of the molecule is Cc1ccc(Cn2c(CCl)nc3cc(C)ccc32)cc1. The number of alkyl halides is 1. The fraction of sp³-hybridized carbons (Fsp3) is 0.235. The van der Waals surface area contributed by atoms with Crippen molar-refractivity contribution in [2.24, 2.45) is 0 Å². The summed E-state index contributed by atoms with van der Waals surface area (Å²) in [4.78, 5) is 4.64. The summed E-state index contributed by atoms with van der Waals surface area (Å²) in [5.74, 6) is 1.35. The average molecular weight is 285 g/mol. The van der Waals surface area contributed by atoms with E-state index < -0.39 is 0 Å². The number of aryl methyl sites for hydroxylation is 2. The van der Waals surface area contributed by atoms with Gasteiger partial charge in [0.05, 0.1) is 16.9 Å². The van der Waals surface area contributed by atoms with Crippen molar-refractivity contribution in [2.45, 2.75) is 26.3 Å². The highest BCUT2D eigenvalue weighted by Crippen LogP contribution is 2.20. The summed E-state index contributed by atoms with van der Waals surface area (Å²) in [6.07, 6.45) is 0. The number of halogens is 1. The van der Waals surface area contributed by atoms with Crippen molar-refractivity contribution >= 4 is 22.6 Å². The summed E-state index contributed by atoms with van der Waals surface area (Å²) in [6, 6.07) is 14.9. The average Bonchev–Trinajstić information content (AvgIpc) is 2.78. The van der Waals surface area contributed by atoms with E-state index in [-0.39, 0.29) is 0 Å².